The molecule has 1 saturated heterocycles. The first kappa shape index (κ1) is 17.8. The van der Waals surface area contributed by atoms with E-state index in [1.54, 1.807) is 0 Å². The molecular weight excluding hydrogens is 372 g/mol. The maximum Gasteiger partial charge on any atom is 0.128 e. The molecule has 1 unspecified atom stereocenters. The number of ether oxygens (including phenoxy) is 3. The Hall–Kier alpha value is -3.04. The minimum atomic E-state index is 0.211. The number of hydrogen-bond donors (Lipinski definition) is 0. The minimum absolute atomic E-state index is 0.211. The summed E-state index contributed by atoms with van der Waals surface area (Å²) in [6.45, 7) is 2.14. The van der Waals surface area contributed by atoms with Gasteiger partial charge in [0.05, 0.1) is 13.2 Å². The molecule has 2 aliphatic rings. The zero-order valence-electron chi connectivity index (χ0n) is 16.8. The van der Waals surface area contributed by atoms with Crippen LogP contribution in [0.2, 0.25) is 0 Å². The lowest BCUT2D eigenvalue weighted by Crippen LogP contribution is -2.06. The third kappa shape index (κ3) is 3.40. The molecule has 4 aromatic carbocycles. The fourth-order valence-electron chi connectivity index (χ4n) is 4.10. The fourth-order valence-corrected chi connectivity index (χ4v) is 4.10. The Morgan fingerprint density at radius 3 is 1.73 bits per heavy atom. The van der Waals surface area contributed by atoms with Crippen LogP contribution in [-0.4, -0.2) is 25.9 Å². The lowest BCUT2D eigenvalue weighted by molar-refractivity contribution is 0.264. The smallest absolute Gasteiger partial charge is 0.128 e. The lowest BCUT2D eigenvalue weighted by atomic mass is 9.92. The number of epoxide rings is 1. The van der Waals surface area contributed by atoms with Gasteiger partial charge in [0, 0.05) is 11.1 Å². The van der Waals surface area contributed by atoms with Crippen molar-refractivity contribution in [2.45, 2.75) is 18.9 Å². The van der Waals surface area contributed by atoms with E-state index in [1.165, 1.54) is 34.4 Å². The summed E-state index contributed by atoms with van der Waals surface area (Å²) in [4.78, 5) is 0. The summed E-state index contributed by atoms with van der Waals surface area (Å²) < 4.78 is 18.0. The highest BCUT2D eigenvalue weighted by molar-refractivity contribution is 6.09. The van der Waals surface area contributed by atoms with E-state index < -0.39 is 0 Å². The summed E-state index contributed by atoms with van der Waals surface area (Å²) in [5, 5.41) is 4.77. The van der Waals surface area contributed by atoms with Gasteiger partial charge in [0.25, 0.3) is 0 Å². The van der Waals surface area contributed by atoms with Gasteiger partial charge < -0.3 is 14.2 Å². The van der Waals surface area contributed by atoms with Crippen molar-refractivity contribution in [1.29, 1.82) is 0 Å². The Morgan fingerprint density at radius 2 is 1.20 bits per heavy atom. The number of rotatable bonds is 7. The molecule has 150 valence electrons. The predicted molar refractivity (Wildman–Crippen MR) is 120 cm³/mol. The fraction of sp³-hybridized carbons (Fsp3) is 0.259. The van der Waals surface area contributed by atoms with Crippen molar-refractivity contribution in [2.75, 3.05) is 19.8 Å². The van der Waals surface area contributed by atoms with Crippen molar-refractivity contribution in [2.24, 2.45) is 5.92 Å². The Bertz CT molecular complexity index is 1120. The third-order valence-electron chi connectivity index (χ3n) is 6.03. The van der Waals surface area contributed by atoms with Crippen molar-refractivity contribution in [1.82, 2.24) is 0 Å². The van der Waals surface area contributed by atoms with Gasteiger partial charge in [-0.2, -0.15) is 0 Å². The highest BCUT2D eigenvalue weighted by Crippen LogP contribution is 2.46. The van der Waals surface area contributed by atoms with Crippen LogP contribution in [0, 0.1) is 5.92 Å². The third-order valence-corrected chi connectivity index (χ3v) is 6.03. The molecular formula is C27H24O3. The molecule has 0 aromatic heterocycles. The van der Waals surface area contributed by atoms with E-state index >= 15 is 0 Å². The van der Waals surface area contributed by atoms with Gasteiger partial charge >= 0.3 is 0 Å². The minimum Gasteiger partial charge on any atom is -0.493 e. The van der Waals surface area contributed by atoms with Crippen LogP contribution in [0.1, 0.15) is 12.8 Å². The normalized spacial score (nSPS) is 17.9. The van der Waals surface area contributed by atoms with E-state index in [1.807, 2.05) is 0 Å². The number of hydrogen-bond acceptors (Lipinski definition) is 3. The Balaban J connectivity index is 1.59. The van der Waals surface area contributed by atoms with E-state index in [-0.39, 0.29) is 6.10 Å². The lowest BCUT2D eigenvalue weighted by Gasteiger charge is -2.19. The first-order valence-electron chi connectivity index (χ1n) is 10.8. The topological polar surface area (TPSA) is 31.0 Å². The Kier molecular flexibility index (Phi) is 4.35. The second kappa shape index (κ2) is 7.33. The van der Waals surface area contributed by atoms with Crippen LogP contribution in [0.5, 0.6) is 11.5 Å². The quantitative estimate of drug-likeness (QED) is 0.347. The highest BCUT2D eigenvalue weighted by Gasteiger charge is 2.26. The van der Waals surface area contributed by atoms with Gasteiger partial charge in [-0.05, 0) is 52.4 Å². The van der Waals surface area contributed by atoms with Crippen LogP contribution in [0.25, 0.3) is 32.7 Å². The summed E-state index contributed by atoms with van der Waals surface area (Å²) in [6, 6.07) is 25.5. The molecule has 0 N–H and O–H groups in total. The average Bonchev–Trinajstić information content (AvgIpc) is 3.70. The first-order chi connectivity index (χ1) is 14.9. The van der Waals surface area contributed by atoms with Crippen molar-refractivity contribution >= 4 is 21.5 Å². The summed E-state index contributed by atoms with van der Waals surface area (Å²) in [7, 11) is 0. The summed E-state index contributed by atoms with van der Waals surface area (Å²) >= 11 is 0. The van der Waals surface area contributed by atoms with E-state index in [2.05, 4.69) is 72.8 Å². The van der Waals surface area contributed by atoms with Crippen molar-refractivity contribution in [3.63, 3.8) is 0 Å². The van der Waals surface area contributed by atoms with Gasteiger partial charge in [0.2, 0.25) is 0 Å². The van der Waals surface area contributed by atoms with Crippen LogP contribution in [0.3, 0.4) is 0 Å². The summed E-state index contributed by atoms with van der Waals surface area (Å²) in [5.41, 5.74) is 2.23. The Morgan fingerprint density at radius 1 is 0.667 bits per heavy atom. The average molecular weight is 396 g/mol. The van der Waals surface area contributed by atoms with Crippen LogP contribution in [0.4, 0.5) is 0 Å². The molecule has 2 fully saturated rings. The molecule has 1 aliphatic heterocycles. The van der Waals surface area contributed by atoms with Gasteiger partial charge in [-0.3, -0.25) is 0 Å². The monoisotopic (exact) mass is 396 g/mol. The molecule has 30 heavy (non-hydrogen) atoms. The highest BCUT2D eigenvalue weighted by atomic mass is 16.6. The molecule has 1 atom stereocenters. The molecule has 4 aromatic rings. The second-order valence-electron chi connectivity index (χ2n) is 8.34. The molecule has 1 saturated carbocycles. The van der Waals surface area contributed by atoms with Gasteiger partial charge in [-0.15, -0.1) is 0 Å². The van der Waals surface area contributed by atoms with Crippen LogP contribution < -0.4 is 9.47 Å². The second-order valence-corrected chi connectivity index (χ2v) is 8.34. The van der Waals surface area contributed by atoms with Crippen LogP contribution in [-0.2, 0) is 4.74 Å². The standard InChI is InChI=1S/C27H24O3/c1-3-7-22-19(5-1)11-13-24(29-15-18-9-10-18)26(22)27-23-8-4-2-6-20(23)12-14-25(27)30-17-21-16-28-21/h1-8,11-14,18,21H,9-10,15-17H2. The SMILES string of the molecule is c1ccc2c(-c3c(OCC4CO4)ccc4ccccc34)c(OCC3CC3)ccc2c1. The van der Waals surface area contributed by atoms with E-state index in [0.29, 0.717) is 12.5 Å². The molecule has 6 rings (SSSR count). The van der Waals surface area contributed by atoms with Crippen molar-refractivity contribution in [3.05, 3.63) is 72.8 Å². The van der Waals surface area contributed by atoms with Crippen molar-refractivity contribution < 1.29 is 14.2 Å². The van der Waals surface area contributed by atoms with E-state index in [0.717, 1.165) is 35.8 Å². The number of fused-ring (bicyclic) bond motifs is 2. The van der Waals surface area contributed by atoms with E-state index in [9.17, 15) is 0 Å². The van der Waals surface area contributed by atoms with Crippen molar-refractivity contribution in [3.8, 4) is 22.6 Å². The zero-order valence-corrected chi connectivity index (χ0v) is 16.8. The van der Waals surface area contributed by atoms with Gasteiger partial charge in [0.15, 0.2) is 0 Å². The van der Waals surface area contributed by atoms with Gasteiger partial charge in [0.1, 0.15) is 24.2 Å². The zero-order chi connectivity index (χ0) is 19.9. The number of benzene rings is 4. The van der Waals surface area contributed by atoms with Gasteiger partial charge in [-0.1, -0.05) is 60.7 Å². The molecule has 0 radical (unpaired) electrons. The van der Waals surface area contributed by atoms with Gasteiger partial charge in [-0.25, -0.2) is 0 Å². The molecule has 0 amide bonds. The Labute approximate surface area is 176 Å². The first-order valence-corrected chi connectivity index (χ1v) is 10.8. The molecule has 0 bridgehead atoms. The molecule has 3 heteroatoms. The molecule has 1 heterocycles. The predicted octanol–water partition coefficient (Wildman–Crippen LogP) is 6.23. The maximum absolute atomic E-state index is 6.39. The summed E-state index contributed by atoms with van der Waals surface area (Å²) in [5.74, 6) is 2.51. The van der Waals surface area contributed by atoms with E-state index in [4.69, 9.17) is 14.2 Å². The summed E-state index contributed by atoms with van der Waals surface area (Å²) in [6.07, 6.45) is 2.75. The molecule has 0 spiro atoms. The molecule has 3 nitrogen and oxygen atoms in total. The molecule has 1 aliphatic carbocycles. The largest absolute Gasteiger partial charge is 0.493 e. The maximum atomic E-state index is 6.39. The van der Waals surface area contributed by atoms with Crippen LogP contribution >= 0.6 is 0 Å². The van der Waals surface area contributed by atoms with Crippen LogP contribution in [0.15, 0.2) is 72.8 Å².